The zero-order chi connectivity index (χ0) is 37.5. The van der Waals surface area contributed by atoms with Gasteiger partial charge < -0.3 is 24.1 Å². The minimum atomic E-state index is -1.54. The molecule has 7 rings (SSSR count). The zero-order valence-electron chi connectivity index (χ0n) is 30.1. The Balaban J connectivity index is 0.000000188. The second kappa shape index (κ2) is 16.0. The number of carbonyl (C=O) groups is 3. The van der Waals surface area contributed by atoms with Gasteiger partial charge >= 0.3 is 11.9 Å². The van der Waals surface area contributed by atoms with Crippen molar-refractivity contribution in [3.8, 4) is 11.5 Å². The molecule has 0 radical (unpaired) electrons. The summed E-state index contributed by atoms with van der Waals surface area (Å²) in [5.41, 5.74) is 5.37. The van der Waals surface area contributed by atoms with E-state index in [0.29, 0.717) is 33.8 Å². The Morgan fingerprint density at radius 3 is 1.68 bits per heavy atom. The number of carbonyl (C=O) groups excluding carboxylic acids is 3. The third-order valence-corrected chi connectivity index (χ3v) is 9.21. The monoisotopic (exact) mass is 708 g/mol. The van der Waals surface area contributed by atoms with Crippen molar-refractivity contribution in [3.63, 3.8) is 0 Å². The van der Waals surface area contributed by atoms with Crippen molar-refractivity contribution < 1.29 is 38.4 Å². The van der Waals surface area contributed by atoms with Gasteiger partial charge in [0.05, 0.1) is 33.0 Å². The number of Topliss-reactive ketones (excluding diaryl/α,β-unsaturated/α-hetero) is 1. The molecule has 2 aliphatic rings. The Morgan fingerprint density at radius 1 is 0.604 bits per heavy atom. The van der Waals surface area contributed by atoms with Crippen LogP contribution in [0.25, 0.3) is 11.1 Å². The second-order valence-corrected chi connectivity index (χ2v) is 12.3. The molecule has 0 spiro atoms. The van der Waals surface area contributed by atoms with Crippen LogP contribution in [-0.4, -0.2) is 50.3 Å². The van der Waals surface area contributed by atoms with E-state index in [9.17, 15) is 19.5 Å². The first kappa shape index (κ1) is 36.5. The van der Waals surface area contributed by atoms with Crippen LogP contribution in [0, 0.1) is 0 Å². The van der Waals surface area contributed by atoms with Gasteiger partial charge in [0.15, 0.2) is 0 Å². The molecule has 0 aliphatic heterocycles. The van der Waals surface area contributed by atoms with Crippen molar-refractivity contribution in [1.82, 2.24) is 0 Å². The fourth-order valence-corrected chi connectivity index (χ4v) is 6.88. The molecule has 0 bridgehead atoms. The molecule has 8 nitrogen and oxygen atoms in total. The van der Waals surface area contributed by atoms with Gasteiger partial charge in [-0.05, 0) is 72.0 Å². The highest BCUT2D eigenvalue weighted by Gasteiger charge is 2.48. The predicted molar refractivity (Wildman–Crippen MR) is 203 cm³/mol. The summed E-state index contributed by atoms with van der Waals surface area (Å²) < 4.78 is 21.1. The smallest absolute Gasteiger partial charge is 0.342 e. The normalized spacial score (nSPS) is 15.6. The molecule has 5 aromatic carbocycles. The molecule has 0 fully saturated rings. The molecule has 1 unspecified atom stereocenters. The Bertz CT molecular complexity index is 2200. The van der Waals surface area contributed by atoms with Crippen LogP contribution in [0.2, 0.25) is 0 Å². The van der Waals surface area contributed by atoms with Gasteiger partial charge in [-0.2, -0.15) is 0 Å². The van der Waals surface area contributed by atoms with Crippen molar-refractivity contribution in [2.75, 3.05) is 27.4 Å². The third kappa shape index (κ3) is 7.14. The molecule has 5 aromatic rings. The van der Waals surface area contributed by atoms with Gasteiger partial charge in [-0.1, -0.05) is 97.1 Å². The van der Waals surface area contributed by atoms with Crippen LogP contribution in [-0.2, 0) is 31.1 Å². The highest BCUT2D eigenvalue weighted by Crippen LogP contribution is 2.50. The number of methoxy groups -OCH3 is 2. The molecule has 1 N–H and O–H groups in total. The average molecular weight is 709 g/mol. The number of benzene rings is 5. The number of ketones is 1. The quantitative estimate of drug-likeness (QED) is 0.116. The zero-order valence-corrected chi connectivity index (χ0v) is 30.1. The number of aliphatic hydroxyl groups is 1. The van der Waals surface area contributed by atoms with Crippen molar-refractivity contribution in [2.45, 2.75) is 25.9 Å². The summed E-state index contributed by atoms with van der Waals surface area (Å²) in [6.07, 6.45) is 0.249. The van der Waals surface area contributed by atoms with E-state index < -0.39 is 17.5 Å². The first-order chi connectivity index (χ1) is 25.7. The van der Waals surface area contributed by atoms with E-state index in [4.69, 9.17) is 18.9 Å². The first-order valence-corrected chi connectivity index (χ1v) is 17.4. The van der Waals surface area contributed by atoms with Crippen LogP contribution in [0.4, 0.5) is 0 Å². The standard InChI is InChI=1S/C26H24O4.C19H16O4/c1-3-30-25(27)24-23(19-12-8-5-9-13-19)21-15-14-20(29-2)16-22(21)26(24,28)17-18-10-6-4-7-11-18;1-3-23-19(21)17-16(12-7-5-4-6-8-12)14-10-9-13(22-2)11-15(14)18(17)20/h4-16,28H,3,17H2,1-2H3;4-11H,3H2,1-2H3. The number of fused-ring (bicyclic) bond motifs is 2. The molecular weight excluding hydrogens is 668 g/mol. The molecule has 2 aliphatic carbocycles. The van der Waals surface area contributed by atoms with Crippen molar-refractivity contribution in [1.29, 1.82) is 0 Å². The molecule has 0 saturated carbocycles. The highest BCUT2D eigenvalue weighted by atomic mass is 16.5. The fourth-order valence-electron chi connectivity index (χ4n) is 6.88. The maximum Gasteiger partial charge on any atom is 0.342 e. The minimum Gasteiger partial charge on any atom is -0.497 e. The number of esters is 2. The third-order valence-electron chi connectivity index (χ3n) is 9.21. The summed E-state index contributed by atoms with van der Waals surface area (Å²) in [4.78, 5) is 38.3. The summed E-state index contributed by atoms with van der Waals surface area (Å²) in [6.45, 7) is 3.93. The Hall–Kier alpha value is -6.25. The van der Waals surface area contributed by atoms with Gasteiger partial charge in [0, 0.05) is 28.7 Å². The summed E-state index contributed by atoms with van der Waals surface area (Å²) in [5, 5.41) is 12.1. The van der Waals surface area contributed by atoms with E-state index in [2.05, 4.69) is 0 Å². The molecule has 0 amide bonds. The molecule has 0 aromatic heterocycles. The lowest BCUT2D eigenvalue weighted by Gasteiger charge is -2.27. The molecule has 268 valence electrons. The lowest BCUT2D eigenvalue weighted by atomic mass is 9.84. The van der Waals surface area contributed by atoms with Crippen LogP contribution in [0.15, 0.2) is 139 Å². The fraction of sp³-hybridized carbons (Fsp3) is 0.178. The lowest BCUT2D eigenvalue weighted by Crippen LogP contribution is -2.33. The van der Waals surface area contributed by atoms with Gasteiger partial charge in [0.1, 0.15) is 22.7 Å². The van der Waals surface area contributed by atoms with Gasteiger partial charge in [-0.25, -0.2) is 9.59 Å². The Labute approximate surface area is 308 Å². The van der Waals surface area contributed by atoms with Crippen LogP contribution in [0.5, 0.6) is 11.5 Å². The largest absolute Gasteiger partial charge is 0.497 e. The maximum atomic E-state index is 13.2. The van der Waals surface area contributed by atoms with Crippen molar-refractivity contribution in [3.05, 3.63) is 177 Å². The number of hydrogen-bond donors (Lipinski definition) is 1. The van der Waals surface area contributed by atoms with Gasteiger partial charge in [0.25, 0.3) is 0 Å². The molecular formula is C45H40O8. The molecule has 1 atom stereocenters. The summed E-state index contributed by atoms with van der Waals surface area (Å²) in [7, 11) is 3.13. The highest BCUT2D eigenvalue weighted by molar-refractivity contribution is 6.35. The Kier molecular flexibility index (Phi) is 11.0. The van der Waals surface area contributed by atoms with E-state index in [0.717, 1.165) is 27.8 Å². The van der Waals surface area contributed by atoms with Gasteiger partial charge in [-0.3, -0.25) is 4.79 Å². The van der Waals surface area contributed by atoms with Crippen LogP contribution < -0.4 is 9.47 Å². The number of hydrogen-bond acceptors (Lipinski definition) is 8. The van der Waals surface area contributed by atoms with E-state index in [1.54, 1.807) is 46.3 Å². The van der Waals surface area contributed by atoms with Crippen molar-refractivity contribution >= 4 is 28.9 Å². The predicted octanol–water partition coefficient (Wildman–Crippen LogP) is 7.76. The van der Waals surface area contributed by atoms with Gasteiger partial charge in [0.2, 0.25) is 5.78 Å². The lowest BCUT2D eigenvalue weighted by molar-refractivity contribution is -0.141. The van der Waals surface area contributed by atoms with E-state index in [-0.39, 0.29) is 36.6 Å². The molecule has 0 saturated heterocycles. The first-order valence-electron chi connectivity index (χ1n) is 17.4. The maximum absolute atomic E-state index is 13.2. The number of ether oxygens (including phenoxy) is 4. The summed E-state index contributed by atoms with van der Waals surface area (Å²) in [5.74, 6) is -0.222. The van der Waals surface area contributed by atoms with Crippen LogP contribution in [0.1, 0.15) is 57.6 Å². The molecule has 0 heterocycles. The molecule has 8 heteroatoms. The second-order valence-electron chi connectivity index (χ2n) is 12.3. The Morgan fingerprint density at radius 2 is 1.11 bits per heavy atom. The number of rotatable bonds is 10. The SMILES string of the molecule is CCOC(=O)C1=C(c2ccccc2)c2ccc(OC)cc2C1(O)Cc1ccccc1.CCOC(=O)C1=C(c2ccccc2)c2ccc(OC)cc2C1=O. The van der Waals surface area contributed by atoms with Crippen LogP contribution >= 0.6 is 0 Å². The topological polar surface area (TPSA) is 108 Å². The van der Waals surface area contributed by atoms with Crippen LogP contribution in [0.3, 0.4) is 0 Å². The molecule has 53 heavy (non-hydrogen) atoms. The average Bonchev–Trinajstić information content (AvgIpc) is 3.63. The van der Waals surface area contributed by atoms with Gasteiger partial charge in [-0.15, -0.1) is 0 Å². The van der Waals surface area contributed by atoms with E-state index >= 15 is 0 Å². The summed E-state index contributed by atoms with van der Waals surface area (Å²) >= 11 is 0. The summed E-state index contributed by atoms with van der Waals surface area (Å²) in [6, 6.07) is 39.5. The van der Waals surface area contributed by atoms with E-state index in [1.165, 1.54) is 0 Å². The minimum absolute atomic E-state index is 0.0845. The van der Waals surface area contributed by atoms with Crippen molar-refractivity contribution in [2.24, 2.45) is 0 Å². The van der Waals surface area contributed by atoms with E-state index in [1.807, 2.05) is 109 Å².